The van der Waals surface area contributed by atoms with Crippen molar-refractivity contribution in [3.63, 3.8) is 0 Å². The second-order valence-electron chi connectivity index (χ2n) is 7.82. The van der Waals surface area contributed by atoms with Crippen molar-refractivity contribution in [2.24, 2.45) is 11.5 Å². The van der Waals surface area contributed by atoms with Crippen molar-refractivity contribution in [3.8, 4) is 6.19 Å². The van der Waals surface area contributed by atoms with Gasteiger partial charge in [0.25, 0.3) is 5.91 Å². The Bertz CT molecular complexity index is 1150. The number of primary amides is 1. The van der Waals surface area contributed by atoms with Crippen molar-refractivity contribution >= 4 is 11.7 Å². The van der Waals surface area contributed by atoms with Gasteiger partial charge in [0.05, 0.1) is 22.9 Å². The van der Waals surface area contributed by atoms with Crippen LogP contribution in [0.15, 0.2) is 60.8 Å². The van der Waals surface area contributed by atoms with E-state index in [1.807, 2.05) is 30.3 Å². The molecule has 2 unspecified atom stereocenters. The maximum absolute atomic E-state index is 12.8. The molecule has 1 amide bonds. The van der Waals surface area contributed by atoms with Crippen LogP contribution < -0.4 is 11.5 Å². The standard InChI is InChI=1S/C23H22N6O2/c24-14-29-12-18(25)10-23(13-29,21-19(22(26)31)11-27-28-21)17-8-6-16(7-9-17)20(30)15-4-2-1-3-5-15/h1-9,11,18H,10,12-13,25H2,(H2,26,31)(H,27,28). The Morgan fingerprint density at radius 1 is 1.13 bits per heavy atom. The molecule has 4 rings (SSSR count). The van der Waals surface area contributed by atoms with Crippen LogP contribution in [0, 0.1) is 11.5 Å². The average molecular weight is 414 g/mol. The Labute approximate surface area is 179 Å². The van der Waals surface area contributed by atoms with Crippen LogP contribution in [0.4, 0.5) is 0 Å². The number of nitrogens with two attached hydrogens (primary N) is 2. The van der Waals surface area contributed by atoms with Crippen LogP contribution in [-0.2, 0) is 5.41 Å². The third-order valence-electron chi connectivity index (χ3n) is 5.79. The Morgan fingerprint density at radius 3 is 2.45 bits per heavy atom. The summed E-state index contributed by atoms with van der Waals surface area (Å²) in [6.45, 7) is 0.731. The molecule has 3 aromatic rings. The largest absolute Gasteiger partial charge is 0.365 e. The minimum Gasteiger partial charge on any atom is -0.365 e. The molecule has 156 valence electrons. The van der Waals surface area contributed by atoms with Crippen molar-refractivity contribution in [3.05, 3.63) is 88.7 Å². The molecule has 31 heavy (non-hydrogen) atoms. The topological polar surface area (TPSA) is 142 Å². The SMILES string of the molecule is N#CN1CC(N)CC(c2ccc(C(=O)c3ccccc3)cc2)(c2[nH]ncc2C(N)=O)C1. The number of carbonyl (C=O) groups is 2. The lowest BCUT2D eigenvalue weighted by Gasteiger charge is -2.43. The van der Waals surface area contributed by atoms with Gasteiger partial charge in [0.15, 0.2) is 12.0 Å². The van der Waals surface area contributed by atoms with Gasteiger partial charge >= 0.3 is 0 Å². The smallest absolute Gasteiger partial charge is 0.252 e. The molecule has 1 aliphatic heterocycles. The quantitative estimate of drug-likeness (QED) is 0.427. The van der Waals surface area contributed by atoms with Crippen LogP contribution in [0.3, 0.4) is 0 Å². The highest BCUT2D eigenvalue weighted by atomic mass is 16.1. The Hall–Kier alpha value is -3.96. The number of nitrogens with one attached hydrogen (secondary N) is 1. The van der Waals surface area contributed by atoms with Crippen molar-refractivity contribution in [2.75, 3.05) is 13.1 Å². The number of rotatable bonds is 5. The highest BCUT2D eigenvalue weighted by molar-refractivity contribution is 6.09. The van der Waals surface area contributed by atoms with Crippen LogP contribution in [0.2, 0.25) is 0 Å². The zero-order valence-electron chi connectivity index (χ0n) is 16.8. The number of aromatic amines is 1. The first-order chi connectivity index (χ1) is 14.9. The number of hydrogen-bond donors (Lipinski definition) is 3. The minimum absolute atomic E-state index is 0.0837. The predicted molar refractivity (Wildman–Crippen MR) is 114 cm³/mol. The van der Waals surface area contributed by atoms with Gasteiger partial charge in [-0.25, -0.2) is 0 Å². The van der Waals surface area contributed by atoms with Crippen molar-refractivity contribution < 1.29 is 9.59 Å². The molecule has 2 atom stereocenters. The predicted octanol–water partition coefficient (Wildman–Crippen LogP) is 1.54. The number of aromatic nitrogens is 2. The second-order valence-corrected chi connectivity index (χ2v) is 7.82. The van der Waals surface area contributed by atoms with Gasteiger partial charge in [-0.05, 0) is 12.0 Å². The second kappa shape index (κ2) is 8.05. The van der Waals surface area contributed by atoms with Gasteiger partial charge in [-0.2, -0.15) is 10.4 Å². The van der Waals surface area contributed by atoms with Crippen LogP contribution in [0.5, 0.6) is 0 Å². The van der Waals surface area contributed by atoms with E-state index in [0.29, 0.717) is 36.3 Å². The first-order valence-corrected chi connectivity index (χ1v) is 9.89. The van der Waals surface area contributed by atoms with Crippen LogP contribution in [-0.4, -0.2) is 45.9 Å². The van der Waals surface area contributed by atoms with Gasteiger partial charge in [-0.15, -0.1) is 0 Å². The van der Waals surface area contributed by atoms with E-state index in [1.165, 1.54) is 6.20 Å². The van der Waals surface area contributed by atoms with E-state index in [9.17, 15) is 14.9 Å². The Balaban J connectivity index is 1.79. The molecule has 2 aromatic carbocycles. The fraction of sp³-hybridized carbons (Fsp3) is 0.217. The van der Waals surface area contributed by atoms with Crippen molar-refractivity contribution in [1.29, 1.82) is 5.26 Å². The zero-order chi connectivity index (χ0) is 22.0. The number of likely N-dealkylation sites (tertiary alicyclic amines) is 1. The van der Waals surface area contributed by atoms with Gasteiger partial charge in [0, 0.05) is 30.3 Å². The number of ketones is 1. The van der Waals surface area contributed by atoms with Gasteiger partial charge in [-0.1, -0.05) is 54.6 Å². The number of benzene rings is 2. The van der Waals surface area contributed by atoms with E-state index in [-0.39, 0.29) is 17.4 Å². The summed E-state index contributed by atoms with van der Waals surface area (Å²) in [6.07, 6.45) is 4.05. The fourth-order valence-electron chi connectivity index (χ4n) is 4.40. The van der Waals surface area contributed by atoms with Gasteiger partial charge < -0.3 is 16.4 Å². The molecule has 1 aliphatic rings. The third-order valence-corrected chi connectivity index (χ3v) is 5.79. The van der Waals surface area contributed by atoms with E-state index >= 15 is 0 Å². The number of carbonyl (C=O) groups excluding carboxylic acids is 2. The lowest BCUT2D eigenvalue weighted by molar-refractivity contribution is 0.0995. The lowest BCUT2D eigenvalue weighted by Crippen LogP contribution is -2.54. The number of H-pyrrole nitrogens is 1. The molecule has 1 saturated heterocycles. The molecule has 2 heterocycles. The first kappa shape index (κ1) is 20.3. The van der Waals surface area contributed by atoms with Crippen LogP contribution in [0.25, 0.3) is 0 Å². The van der Waals surface area contributed by atoms with Gasteiger partial charge in [-0.3, -0.25) is 14.7 Å². The summed E-state index contributed by atoms with van der Waals surface area (Å²) in [7, 11) is 0. The Kier molecular flexibility index (Phi) is 5.28. The zero-order valence-corrected chi connectivity index (χ0v) is 16.8. The van der Waals surface area contributed by atoms with E-state index in [4.69, 9.17) is 11.5 Å². The molecular weight excluding hydrogens is 392 g/mol. The monoisotopic (exact) mass is 414 g/mol. The number of nitriles is 1. The van der Waals surface area contributed by atoms with Crippen LogP contribution >= 0.6 is 0 Å². The van der Waals surface area contributed by atoms with Gasteiger partial charge in [0.2, 0.25) is 0 Å². The molecule has 5 N–H and O–H groups in total. The van der Waals surface area contributed by atoms with E-state index in [0.717, 1.165) is 5.56 Å². The molecule has 1 fully saturated rings. The first-order valence-electron chi connectivity index (χ1n) is 9.89. The van der Waals surface area contributed by atoms with Crippen molar-refractivity contribution in [2.45, 2.75) is 17.9 Å². The highest BCUT2D eigenvalue weighted by Gasteiger charge is 2.45. The molecule has 0 bridgehead atoms. The van der Waals surface area contributed by atoms with Gasteiger partial charge in [0.1, 0.15) is 0 Å². The third kappa shape index (κ3) is 3.67. The molecule has 0 saturated carbocycles. The molecule has 0 spiro atoms. The highest BCUT2D eigenvalue weighted by Crippen LogP contribution is 2.40. The summed E-state index contributed by atoms with van der Waals surface area (Å²) >= 11 is 0. The molecule has 8 heteroatoms. The number of amides is 1. The molecular formula is C23H22N6O2. The van der Waals surface area contributed by atoms with E-state index in [1.54, 1.807) is 29.2 Å². The summed E-state index contributed by atoms with van der Waals surface area (Å²) in [5.74, 6) is -0.693. The van der Waals surface area contributed by atoms with Crippen LogP contribution in [0.1, 0.15) is 44.0 Å². The normalized spacial score (nSPS) is 20.8. The van der Waals surface area contributed by atoms with Crippen molar-refractivity contribution in [1.82, 2.24) is 15.1 Å². The maximum atomic E-state index is 12.8. The van der Waals surface area contributed by atoms with E-state index < -0.39 is 11.3 Å². The Morgan fingerprint density at radius 2 is 1.81 bits per heavy atom. The maximum Gasteiger partial charge on any atom is 0.252 e. The molecule has 0 radical (unpaired) electrons. The lowest BCUT2D eigenvalue weighted by atomic mass is 9.69. The molecule has 8 nitrogen and oxygen atoms in total. The summed E-state index contributed by atoms with van der Waals surface area (Å²) < 4.78 is 0. The fourth-order valence-corrected chi connectivity index (χ4v) is 4.40. The minimum atomic E-state index is -0.803. The molecule has 1 aromatic heterocycles. The summed E-state index contributed by atoms with van der Waals surface area (Å²) in [5, 5.41) is 16.5. The summed E-state index contributed by atoms with van der Waals surface area (Å²) in [6, 6.07) is 15.9. The number of nitrogens with zero attached hydrogens (tertiary/aromatic N) is 3. The molecule has 0 aliphatic carbocycles. The number of hydrogen-bond acceptors (Lipinski definition) is 6. The van der Waals surface area contributed by atoms with E-state index in [2.05, 4.69) is 16.4 Å². The number of piperidine rings is 1. The average Bonchev–Trinajstić information content (AvgIpc) is 3.30. The summed E-state index contributed by atoms with van der Waals surface area (Å²) in [5.41, 5.74) is 13.8. The summed E-state index contributed by atoms with van der Waals surface area (Å²) in [4.78, 5) is 26.4.